The van der Waals surface area contributed by atoms with Crippen LogP contribution in [0, 0.1) is 0 Å². The second-order valence-electron chi connectivity index (χ2n) is 4.80. The van der Waals surface area contributed by atoms with Crippen molar-refractivity contribution >= 4 is 6.08 Å². The summed E-state index contributed by atoms with van der Waals surface area (Å²) in [5.74, 6) is 0. The molecule has 0 amide bonds. The van der Waals surface area contributed by atoms with Crippen LogP contribution in [0.1, 0.15) is 18.9 Å². The molecular weight excluding hydrogens is 267 g/mol. The number of alkyl halides is 3. The van der Waals surface area contributed by atoms with Crippen LogP contribution < -0.4 is 0 Å². The van der Waals surface area contributed by atoms with Crippen LogP contribution in [0.2, 0.25) is 0 Å². The van der Waals surface area contributed by atoms with E-state index < -0.39 is 12.7 Å². The molecule has 0 saturated heterocycles. The Bertz CT molecular complexity index is 415. The predicted molar refractivity (Wildman–Crippen MR) is 74.3 cm³/mol. The average molecular weight is 287 g/mol. The Morgan fingerprint density at radius 1 is 1.25 bits per heavy atom. The minimum absolute atomic E-state index is 0.101. The van der Waals surface area contributed by atoms with E-state index in [-0.39, 0.29) is 19.7 Å². The largest absolute Gasteiger partial charge is 0.401 e. The molecule has 0 saturated carbocycles. The van der Waals surface area contributed by atoms with E-state index in [9.17, 15) is 13.2 Å². The van der Waals surface area contributed by atoms with Gasteiger partial charge in [0.25, 0.3) is 0 Å². The SMILES string of the molecule is C/C(=C/c1ccccc1)CN(CCCO)CC(F)(F)F. The monoisotopic (exact) mass is 287 g/mol. The fraction of sp³-hybridized carbons (Fsp3) is 0.467. The lowest BCUT2D eigenvalue weighted by Crippen LogP contribution is -2.36. The number of aliphatic hydroxyl groups is 1. The van der Waals surface area contributed by atoms with Crippen LogP contribution in [0.5, 0.6) is 0 Å². The summed E-state index contributed by atoms with van der Waals surface area (Å²) in [5.41, 5.74) is 1.83. The van der Waals surface area contributed by atoms with Crippen molar-refractivity contribution in [3.63, 3.8) is 0 Å². The van der Waals surface area contributed by atoms with Gasteiger partial charge in [0.2, 0.25) is 0 Å². The van der Waals surface area contributed by atoms with Crippen LogP contribution in [0.4, 0.5) is 13.2 Å². The summed E-state index contributed by atoms with van der Waals surface area (Å²) in [6.45, 7) is 1.24. The third-order valence-corrected chi connectivity index (χ3v) is 2.72. The van der Waals surface area contributed by atoms with E-state index in [4.69, 9.17) is 5.11 Å². The molecule has 0 heterocycles. The third kappa shape index (κ3) is 7.31. The van der Waals surface area contributed by atoms with Gasteiger partial charge in [0.15, 0.2) is 0 Å². The van der Waals surface area contributed by atoms with Crippen molar-refractivity contribution in [2.75, 3.05) is 26.2 Å². The first-order valence-corrected chi connectivity index (χ1v) is 6.53. The molecule has 0 fully saturated rings. The minimum Gasteiger partial charge on any atom is -0.396 e. The van der Waals surface area contributed by atoms with Gasteiger partial charge in [-0.05, 0) is 18.9 Å². The summed E-state index contributed by atoms with van der Waals surface area (Å²) in [6, 6.07) is 9.48. The van der Waals surface area contributed by atoms with E-state index in [0.29, 0.717) is 6.42 Å². The molecule has 0 bridgehead atoms. The number of hydrogen-bond acceptors (Lipinski definition) is 2. The van der Waals surface area contributed by atoms with Crippen LogP contribution in [0.15, 0.2) is 35.9 Å². The molecule has 0 aromatic heterocycles. The fourth-order valence-corrected chi connectivity index (χ4v) is 1.99. The normalized spacial score (nSPS) is 13.0. The number of aliphatic hydroxyl groups excluding tert-OH is 1. The van der Waals surface area contributed by atoms with Gasteiger partial charge in [0.05, 0.1) is 6.54 Å². The van der Waals surface area contributed by atoms with Gasteiger partial charge in [-0.1, -0.05) is 42.0 Å². The van der Waals surface area contributed by atoms with Crippen LogP contribution in [-0.4, -0.2) is 42.4 Å². The molecule has 0 radical (unpaired) electrons. The molecule has 1 N–H and O–H groups in total. The van der Waals surface area contributed by atoms with E-state index in [0.717, 1.165) is 11.1 Å². The molecule has 0 aliphatic rings. The maximum absolute atomic E-state index is 12.5. The van der Waals surface area contributed by atoms with Crippen LogP contribution >= 0.6 is 0 Å². The molecule has 5 heteroatoms. The zero-order valence-corrected chi connectivity index (χ0v) is 11.5. The highest BCUT2D eigenvalue weighted by molar-refractivity contribution is 5.52. The van der Waals surface area contributed by atoms with Gasteiger partial charge < -0.3 is 5.11 Å². The smallest absolute Gasteiger partial charge is 0.396 e. The zero-order valence-electron chi connectivity index (χ0n) is 11.5. The molecule has 0 atom stereocenters. The first-order valence-electron chi connectivity index (χ1n) is 6.53. The van der Waals surface area contributed by atoms with E-state index in [1.54, 1.807) is 0 Å². The van der Waals surface area contributed by atoms with Gasteiger partial charge in [0.1, 0.15) is 0 Å². The Morgan fingerprint density at radius 3 is 2.45 bits per heavy atom. The summed E-state index contributed by atoms with van der Waals surface area (Å²) in [6.07, 6.45) is -2.00. The number of benzene rings is 1. The molecule has 0 aliphatic carbocycles. The lowest BCUT2D eigenvalue weighted by molar-refractivity contribution is -0.145. The third-order valence-electron chi connectivity index (χ3n) is 2.72. The molecular formula is C15H20F3NO. The molecule has 20 heavy (non-hydrogen) atoms. The summed E-state index contributed by atoms with van der Waals surface area (Å²) < 4.78 is 37.5. The van der Waals surface area contributed by atoms with Gasteiger partial charge in [-0.15, -0.1) is 0 Å². The van der Waals surface area contributed by atoms with Crippen molar-refractivity contribution < 1.29 is 18.3 Å². The number of rotatable bonds is 7. The molecule has 1 aromatic rings. The number of hydrogen-bond donors (Lipinski definition) is 1. The second kappa shape index (κ2) is 8.07. The van der Waals surface area contributed by atoms with Crippen LogP contribution in [-0.2, 0) is 0 Å². The second-order valence-corrected chi connectivity index (χ2v) is 4.80. The molecule has 1 aromatic carbocycles. The number of nitrogens with zero attached hydrogens (tertiary/aromatic N) is 1. The van der Waals surface area contributed by atoms with E-state index in [2.05, 4.69) is 0 Å². The topological polar surface area (TPSA) is 23.5 Å². The maximum Gasteiger partial charge on any atom is 0.401 e. The molecule has 1 rings (SSSR count). The molecule has 0 unspecified atom stereocenters. The highest BCUT2D eigenvalue weighted by Crippen LogP contribution is 2.18. The first-order chi connectivity index (χ1) is 9.40. The Hall–Kier alpha value is -1.33. The van der Waals surface area contributed by atoms with E-state index in [1.807, 2.05) is 43.3 Å². The van der Waals surface area contributed by atoms with Gasteiger partial charge in [0, 0.05) is 19.7 Å². The van der Waals surface area contributed by atoms with Gasteiger partial charge >= 0.3 is 6.18 Å². The van der Waals surface area contributed by atoms with Crippen molar-refractivity contribution in [2.45, 2.75) is 19.5 Å². The molecule has 2 nitrogen and oxygen atoms in total. The van der Waals surface area contributed by atoms with Crippen molar-refractivity contribution in [2.24, 2.45) is 0 Å². The van der Waals surface area contributed by atoms with Gasteiger partial charge in [-0.3, -0.25) is 4.90 Å². The lowest BCUT2D eigenvalue weighted by atomic mass is 10.1. The maximum atomic E-state index is 12.5. The molecule has 0 spiro atoms. The fourth-order valence-electron chi connectivity index (χ4n) is 1.99. The quantitative estimate of drug-likeness (QED) is 0.831. The zero-order chi connectivity index (χ0) is 15.0. The average Bonchev–Trinajstić information content (AvgIpc) is 2.35. The Balaban J connectivity index is 2.65. The van der Waals surface area contributed by atoms with E-state index in [1.165, 1.54) is 4.90 Å². The first kappa shape index (κ1) is 16.7. The summed E-state index contributed by atoms with van der Waals surface area (Å²) in [4.78, 5) is 1.31. The van der Waals surface area contributed by atoms with E-state index >= 15 is 0 Å². The van der Waals surface area contributed by atoms with Gasteiger partial charge in [-0.25, -0.2) is 0 Å². The lowest BCUT2D eigenvalue weighted by Gasteiger charge is -2.23. The standard InChI is InChI=1S/C15H20F3NO/c1-13(10-14-6-3-2-4-7-14)11-19(8-5-9-20)12-15(16,17)18/h2-4,6-7,10,20H,5,8-9,11-12H2,1H3/b13-10-. The summed E-state index contributed by atoms with van der Waals surface area (Å²) in [5, 5.41) is 8.76. The van der Waals surface area contributed by atoms with Crippen LogP contribution in [0.25, 0.3) is 6.08 Å². The van der Waals surface area contributed by atoms with Crippen molar-refractivity contribution in [3.05, 3.63) is 41.5 Å². The minimum atomic E-state index is -4.22. The molecule has 112 valence electrons. The van der Waals surface area contributed by atoms with Crippen LogP contribution in [0.3, 0.4) is 0 Å². The predicted octanol–water partition coefficient (Wildman–Crippen LogP) is 3.34. The molecule has 0 aliphatic heterocycles. The highest BCUT2D eigenvalue weighted by atomic mass is 19.4. The summed E-state index contributed by atoms with van der Waals surface area (Å²) in [7, 11) is 0. The number of halogens is 3. The Kier molecular flexibility index (Phi) is 6.75. The van der Waals surface area contributed by atoms with Crippen molar-refractivity contribution in [3.8, 4) is 0 Å². The Labute approximate surface area is 117 Å². The van der Waals surface area contributed by atoms with Crippen molar-refractivity contribution in [1.29, 1.82) is 0 Å². The van der Waals surface area contributed by atoms with Crippen molar-refractivity contribution in [1.82, 2.24) is 4.90 Å². The van der Waals surface area contributed by atoms with Gasteiger partial charge in [-0.2, -0.15) is 13.2 Å². The highest BCUT2D eigenvalue weighted by Gasteiger charge is 2.30. The summed E-state index contributed by atoms with van der Waals surface area (Å²) >= 11 is 0. The Morgan fingerprint density at radius 2 is 1.90 bits per heavy atom.